The molecule has 0 radical (unpaired) electrons. The molecule has 0 spiro atoms. The zero-order valence-electron chi connectivity index (χ0n) is 23.5. The summed E-state index contributed by atoms with van der Waals surface area (Å²) < 4.78 is 18.0. The van der Waals surface area contributed by atoms with Crippen LogP contribution in [-0.2, 0) is 20.2 Å². The summed E-state index contributed by atoms with van der Waals surface area (Å²) in [4.78, 5) is 31.0. The standard InChI is InChI=1S/C33H32FN5O3/c1-3-35-16-20-7-10-30(36-17-20)37-28-15-24(18-38(2)32(28)41)25-5-4-6-29(26(25)19-40)39-12-11-22-13-23(21-8-9-21)14-27(34)31(22)33(39)42/h4-7,10-15,17-18,21,35,40H,3,8-9,16,19H2,1-2H3,(H,36,37). The van der Waals surface area contributed by atoms with Gasteiger partial charge in [0.15, 0.2) is 0 Å². The van der Waals surface area contributed by atoms with Crippen molar-refractivity contribution in [2.75, 3.05) is 11.9 Å². The molecular formula is C33H32FN5O3. The molecule has 0 aliphatic heterocycles. The van der Waals surface area contributed by atoms with E-state index in [1.54, 1.807) is 49.9 Å². The second-order valence-electron chi connectivity index (χ2n) is 10.7. The van der Waals surface area contributed by atoms with E-state index in [0.717, 1.165) is 30.5 Å². The highest BCUT2D eigenvalue weighted by atomic mass is 19.1. The Balaban J connectivity index is 1.40. The molecule has 0 atom stereocenters. The van der Waals surface area contributed by atoms with Gasteiger partial charge in [-0.05, 0) is 77.7 Å². The van der Waals surface area contributed by atoms with Gasteiger partial charge in [-0.2, -0.15) is 0 Å². The van der Waals surface area contributed by atoms with E-state index in [4.69, 9.17) is 0 Å². The molecule has 8 nitrogen and oxygen atoms in total. The summed E-state index contributed by atoms with van der Waals surface area (Å²) in [5, 5.41) is 17.5. The van der Waals surface area contributed by atoms with Crippen LogP contribution in [0.1, 0.15) is 42.4 Å². The first-order chi connectivity index (χ1) is 20.4. The molecule has 0 saturated heterocycles. The zero-order chi connectivity index (χ0) is 29.4. The monoisotopic (exact) mass is 565 g/mol. The number of aliphatic hydroxyl groups excluding tert-OH is 1. The average molecular weight is 566 g/mol. The number of nitrogens with one attached hydrogen (secondary N) is 2. The largest absolute Gasteiger partial charge is 0.392 e. The Hall–Kier alpha value is -4.60. The summed E-state index contributed by atoms with van der Waals surface area (Å²) in [6, 6.07) is 15.9. The van der Waals surface area contributed by atoms with Crippen LogP contribution in [0.2, 0.25) is 0 Å². The fourth-order valence-electron chi connectivity index (χ4n) is 5.39. The molecule has 3 N–H and O–H groups in total. The molecule has 42 heavy (non-hydrogen) atoms. The topological polar surface area (TPSA) is 101 Å². The molecule has 1 aliphatic rings. The van der Waals surface area contributed by atoms with Crippen LogP contribution in [-0.4, -0.2) is 25.8 Å². The number of benzene rings is 2. The van der Waals surface area contributed by atoms with Gasteiger partial charge in [-0.15, -0.1) is 0 Å². The maximum atomic E-state index is 15.2. The van der Waals surface area contributed by atoms with Crippen molar-refractivity contribution in [2.24, 2.45) is 7.05 Å². The maximum absolute atomic E-state index is 15.2. The van der Waals surface area contributed by atoms with Crippen molar-refractivity contribution in [3.05, 3.63) is 116 Å². The minimum atomic E-state index is -0.535. The molecule has 1 aliphatic carbocycles. The zero-order valence-corrected chi connectivity index (χ0v) is 23.5. The molecule has 0 amide bonds. The van der Waals surface area contributed by atoms with Crippen molar-refractivity contribution in [1.29, 1.82) is 0 Å². The molecule has 9 heteroatoms. The van der Waals surface area contributed by atoms with Crippen molar-refractivity contribution >= 4 is 22.3 Å². The number of nitrogens with zero attached hydrogens (tertiary/aromatic N) is 3. The van der Waals surface area contributed by atoms with Crippen molar-refractivity contribution in [3.8, 4) is 16.8 Å². The van der Waals surface area contributed by atoms with Gasteiger partial charge < -0.3 is 20.3 Å². The van der Waals surface area contributed by atoms with Crippen LogP contribution in [0, 0.1) is 5.82 Å². The minimum Gasteiger partial charge on any atom is -0.392 e. The molecule has 3 aromatic heterocycles. The second-order valence-corrected chi connectivity index (χ2v) is 10.7. The van der Waals surface area contributed by atoms with E-state index >= 15 is 4.39 Å². The van der Waals surface area contributed by atoms with Gasteiger partial charge in [-0.1, -0.05) is 31.2 Å². The third-order valence-electron chi connectivity index (χ3n) is 7.76. The van der Waals surface area contributed by atoms with Gasteiger partial charge in [0.25, 0.3) is 11.1 Å². The van der Waals surface area contributed by atoms with Gasteiger partial charge in [-0.25, -0.2) is 9.37 Å². The maximum Gasteiger partial charge on any atom is 0.274 e. The fourth-order valence-corrected chi connectivity index (χ4v) is 5.39. The molecule has 2 aromatic carbocycles. The molecule has 214 valence electrons. The van der Waals surface area contributed by atoms with Crippen molar-refractivity contribution in [1.82, 2.24) is 19.4 Å². The van der Waals surface area contributed by atoms with Gasteiger partial charge in [0, 0.05) is 43.3 Å². The highest BCUT2D eigenvalue weighted by Gasteiger charge is 2.25. The molecule has 1 fully saturated rings. The quantitative estimate of drug-likeness (QED) is 0.230. The molecule has 0 bridgehead atoms. The van der Waals surface area contributed by atoms with Crippen LogP contribution in [0.3, 0.4) is 0 Å². The molecule has 6 rings (SSSR count). The van der Waals surface area contributed by atoms with Crippen LogP contribution in [0.15, 0.2) is 82.8 Å². The highest BCUT2D eigenvalue weighted by molar-refractivity contribution is 5.84. The highest BCUT2D eigenvalue weighted by Crippen LogP contribution is 2.41. The Kier molecular flexibility index (Phi) is 7.45. The Labute approximate surface area is 242 Å². The summed E-state index contributed by atoms with van der Waals surface area (Å²) in [6.07, 6.45) is 7.13. The normalized spacial score (nSPS) is 13.0. The lowest BCUT2D eigenvalue weighted by Gasteiger charge is -2.17. The average Bonchev–Trinajstić information content (AvgIpc) is 3.84. The van der Waals surface area contributed by atoms with E-state index < -0.39 is 11.4 Å². The Morgan fingerprint density at radius 2 is 1.90 bits per heavy atom. The number of pyridine rings is 3. The van der Waals surface area contributed by atoms with Crippen molar-refractivity contribution in [2.45, 2.75) is 38.8 Å². The first kappa shape index (κ1) is 27.6. The second kappa shape index (κ2) is 11.3. The third kappa shape index (κ3) is 5.24. The molecule has 3 heterocycles. The Bertz CT molecular complexity index is 1910. The van der Waals surface area contributed by atoms with Crippen molar-refractivity contribution < 1.29 is 9.50 Å². The van der Waals surface area contributed by atoms with E-state index in [0.29, 0.717) is 51.7 Å². The van der Waals surface area contributed by atoms with Crippen LogP contribution in [0.5, 0.6) is 0 Å². The summed E-state index contributed by atoms with van der Waals surface area (Å²) >= 11 is 0. The van der Waals surface area contributed by atoms with E-state index in [1.807, 2.05) is 31.2 Å². The van der Waals surface area contributed by atoms with Crippen molar-refractivity contribution in [3.63, 3.8) is 0 Å². The SMILES string of the molecule is CCNCc1ccc(Nc2cc(-c3cccc(-n4ccc5cc(C6CC6)cc(F)c5c4=O)c3CO)cn(C)c2=O)nc1. The number of rotatable bonds is 9. The number of hydrogen-bond donors (Lipinski definition) is 3. The summed E-state index contributed by atoms with van der Waals surface area (Å²) in [7, 11) is 1.65. The minimum absolute atomic E-state index is 0.0220. The van der Waals surface area contributed by atoms with Crippen LogP contribution < -0.4 is 21.8 Å². The third-order valence-corrected chi connectivity index (χ3v) is 7.76. The van der Waals surface area contributed by atoms with E-state index in [-0.39, 0.29) is 17.6 Å². The summed E-state index contributed by atoms with van der Waals surface area (Å²) in [5.74, 6) is 0.353. The van der Waals surface area contributed by atoms with Gasteiger partial charge in [0.05, 0.1) is 17.7 Å². The number of fused-ring (bicyclic) bond motifs is 1. The number of halogens is 1. The van der Waals surface area contributed by atoms with Gasteiger partial charge in [-0.3, -0.25) is 14.2 Å². The summed E-state index contributed by atoms with van der Waals surface area (Å²) in [5.41, 5.74) is 3.74. The predicted octanol–water partition coefficient (Wildman–Crippen LogP) is 5.11. The van der Waals surface area contributed by atoms with Gasteiger partial charge in [0.1, 0.15) is 17.3 Å². The fraction of sp³-hybridized carbons (Fsp3) is 0.242. The number of aliphatic hydroxyl groups is 1. The Morgan fingerprint density at radius 3 is 2.62 bits per heavy atom. The molecule has 1 saturated carbocycles. The number of anilines is 2. The first-order valence-electron chi connectivity index (χ1n) is 14.1. The van der Waals surface area contributed by atoms with Crippen LogP contribution >= 0.6 is 0 Å². The number of hydrogen-bond acceptors (Lipinski definition) is 6. The molecular weight excluding hydrogens is 533 g/mol. The lowest BCUT2D eigenvalue weighted by molar-refractivity contribution is 0.282. The first-order valence-corrected chi connectivity index (χ1v) is 14.1. The van der Waals surface area contributed by atoms with Crippen LogP contribution in [0.4, 0.5) is 15.9 Å². The van der Waals surface area contributed by atoms with E-state index in [1.165, 1.54) is 15.2 Å². The Morgan fingerprint density at radius 1 is 1.07 bits per heavy atom. The molecule has 5 aromatic rings. The number of aromatic nitrogens is 3. The summed E-state index contributed by atoms with van der Waals surface area (Å²) in [6.45, 7) is 3.22. The lowest BCUT2D eigenvalue weighted by atomic mass is 9.98. The number of aryl methyl sites for hydroxylation is 1. The van der Waals surface area contributed by atoms with Gasteiger partial charge >= 0.3 is 0 Å². The van der Waals surface area contributed by atoms with E-state index in [2.05, 4.69) is 15.6 Å². The predicted molar refractivity (Wildman–Crippen MR) is 163 cm³/mol. The molecule has 0 unspecified atom stereocenters. The van der Waals surface area contributed by atoms with E-state index in [9.17, 15) is 14.7 Å². The van der Waals surface area contributed by atoms with Gasteiger partial charge in [0.2, 0.25) is 0 Å². The smallest absolute Gasteiger partial charge is 0.274 e. The van der Waals surface area contributed by atoms with Crippen LogP contribution in [0.25, 0.3) is 27.6 Å². The lowest BCUT2D eigenvalue weighted by Crippen LogP contribution is -2.21.